The van der Waals surface area contributed by atoms with E-state index in [-0.39, 0.29) is 23.5 Å². The van der Waals surface area contributed by atoms with E-state index in [1.54, 1.807) is 4.90 Å². The number of likely N-dealkylation sites (tertiary alicyclic amines) is 1. The molecule has 21 heavy (non-hydrogen) atoms. The molecule has 1 fully saturated rings. The number of hydrogen-bond donors (Lipinski definition) is 1. The molecule has 2 rings (SSSR count). The monoisotopic (exact) mass is 289 g/mol. The number of hydrogen-bond acceptors (Lipinski definition) is 2. The molecule has 1 N–H and O–H groups in total. The Balaban J connectivity index is 2.24. The second-order valence-corrected chi connectivity index (χ2v) is 6.11. The average Bonchev–Trinajstić information content (AvgIpc) is 2.45. The van der Waals surface area contributed by atoms with Crippen molar-refractivity contribution in [1.29, 1.82) is 0 Å². The molecule has 0 radical (unpaired) electrons. The van der Waals surface area contributed by atoms with Gasteiger partial charge in [0, 0.05) is 18.7 Å². The number of benzene rings is 1. The SMILES string of the molecule is CC1(C)CCN(C(=O)c2cc(F)ccc2C#CCO)CC1. The molecule has 1 saturated heterocycles. The van der Waals surface area contributed by atoms with Crippen LogP contribution in [0.3, 0.4) is 0 Å². The molecule has 0 saturated carbocycles. The highest BCUT2D eigenvalue weighted by molar-refractivity contribution is 5.96. The van der Waals surface area contributed by atoms with Gasteiger partial charge < -0.3 is 10.0 Å². The third-order valence-electron chi connectivity index (χ3n) is 3.92. The molecule has 1 aromatic carbocycles. The van der Waals surface area contributed by atoms with E-state index < -0.39 is 5.82 Å². The van der Waals surface area contributed by atoms with E-state index in [0.29, 0.717) is 18.7 Å². The van der Waals surface area contributed by atoms with Gasteiger partial charge in [0.2, 0.25) is 0 Å². The van der Waals surface area contributed by atoms with Crippen LogP contribution in [0.5, 0.6) is 0 Å². The van der Waals surface area contributed by atoms with Gasteiger partial charge in [-0.15, -0.1) is 0 Å². The summed E-state index contributed by atoms with van der Waals surface area (Å²) in [5.74, 6) is 4.58. The van der Waals surface area contributed by atoms with Crippen molar-refractivity contribution in [2.24, 2.45) is 5.41 Å². The van der Waals surface area contributed by atoms with Gasteiger partial charge in [0.05, 0.1) is 5.56 Å². The van der Waals surface area contributed by atoms with E-state index in [0.717, 1.165) is 12.8 Å². The number of piperidine rings is 1. The fourth-order valence-corrected chi connectivity index (χ4v) is 2.42. The minimum Gasteiger partial charge on any atom is -0.384 e. The summed E-state index contributed by atoms with van der Waals surface area (Å²) in [7, 11) is 0. The summed E-state index contributed by atoms with van der Waals surface area (Å²) in [6.07, 6.45) is 1.87. The number of carbonyl (C=O) groups excluding carboxylic acids is 1. The van der Waals surface area contributed by atoms with Crippen LogP contribution >= 0.6 is 0 Å². The summed E-state index contributed by atoms with van der Waals surface area (Å²) in [6, 6.07) is 3.99. The topological polar surface area (TPSA) is 40.5 Å². The molecule has 0 unspecified atom stereocenters. The van der Waals surface area contributed by atoms with E-state index in [1.165, 1.54) is 18.2 Å². The summed E-state index contributed by atoms with van der Waals surface area (Å²) >= 11 is 0. The summed E-state index contributed by atoms with van der Waals surface area (Å²) in [5.41, 5.74) is 0.981. The number of aliphatic hydroxyl groups excluding tert-OH is 1. The maximum atomic E-state index is 13.5. The Bertz CT molecular complexity index is 589. The van der Waals surface area contributed by atoms with E-state index in [2.05, 4.69) is 25.7 Å². The molecule has 0 bridgehead atoms. The second kappa shape index (κ2) is 6.28. The number of rotatable bonds is 1. The standard InChI is InChI=1S/C17H20FNO2/c1-17(2)7-9-19(10-8-17)16(21)15-12-14(18)6-5-13(15)4-3-11-20/h5-6,12,20H,7-11H2,1-2H3. The van der Waals surface area contributed by atoms with Crippen LogP contribution in [0.25, 0.3) is 0 Å². The quantitative estimate of drug-likeness (QED) is 0.807. The predicted molar refractivity (Wildman–Crippen MR) is 79.3 cm³/mol. The van der Waals surface area contributed by atoms with E-state index in [4.69, 9.17) is 5.11 Å². The molecule has 0 aromatic heterocycles. The Morgan fingerprint density at radius 1 is 1.38 bits per heavy atom. The molecule has 3 nitrogen and oxygen atoms in total. The van der Waals surface area contributed by atoms with Crippen molar-refractivity contribution < 1.29 is 14.3 Å². The lowest BCUT2D eigenvalue weighted by Gasteiger charge is -2.37. The highest BCUT2D eigenvalue weighted by Crippen LogP contribution is 2.30. The zero-order chi connectivity index (χ0) is 15.5. The molecule has 1 heterocycles. The van der Waals surface area contributed by atoms with Gasteiger partial charge in [-0.05, 0) is 36.5 Å². The molecule has 112 valence electrons. The van der Waals surface area contributed by atoms with Gasteiger partial charge >= 0.3 is 0 Å². The number of halogens is 1. The smallest absolute Gasteiger partial charge is 0.255 e. The van der Waals surface area contributed by atoms with Crippen LogP contribution in [-0.4, -0.2) is 35.6 Å². The summed E-state index contributed by atoms with van der Waals surface area (Å²) in [6.45, 7) is 5.44. The predicted octanol–water partition coefficient (Wildman–Crippen LogP) is 2.43. The number of carbonyl (C=O) groups is 1. The molecule has 1 aliphatic heterocycles. The molecular weight excluding hydrogens is 269 g/mol. The summed E-state index contributed by atoms with van der Waals surface area (Å²) < 4.78 is 13.5. The van der Waals surface area contributed by atoms with Crippen molar-refractivity contribution in [1.82, 2.24) is 4.90 Å². The van der Waals surface area contributed by atoms with Crippen LogP contribution in [0.15, 0.2) is 18.2 Å². The van der Waals surface area contributed by atoms with Crippen LogP contribution in [0, 0.1) is 23.1 Å². The van der Waals surface area contributed by atoms with Crippen molar-refractivity contribution >= 4 is 5.91 Å². The lowest BCUT2D eigenvalue weighted by atomic mass is 9.82. The van der Waals surface area contributed by atoms with Crippen molar-refractivity contribution in [2.75, 3.05) is 19.7 Å². The first kappa shape index (κ1) is 15.5. The van der Waals surface area contributed by atoms with Gasteiger partial charge in [0.1, 0.15) is 12.4 Å². The van der Waals surface area contributed by atoms with Gasteiger partial charge in [-0.3, -0.25) is 4.79 Å². The average molecular weight is 289 g/mol. The number of aliphatic hydroxyl groups is 1. The lowest BCUT2D eigenvalue weighted by molar-refractivity contribution is 0.0629. The first-order valence-electron chi connectivity index (χ1n) is 7.11. The summed E-state index contributed by atoms with van der Waals surface area (Å²) in [4.78, 5) is 14.3. The minimum absolute atomic E-state index is 0.188. The van der Waals surface area contributed by atoms with Gasteiger partial charge in [0.15, 0.2) is 0 Å². The van der Waals surface area contributed by atoms with Crippen molar-refractivity contribution in [3.8, 4) is 11.8 Å². The zero-order valence-corrected chi connectivity index (χ0v) is 12.4. The Morgan fingerprint density at radius 2 is 2.05 bits per heavy atom. The maximum Gasteiger partial charge on any atom is 0.255 e. The molecule has 1 amide bonds. The normalized spacial score (nSPS) is 17.0. The first-order chi connectivity index (χ1) is 9.93. The van der Waals surface area contributed by atoms with Crippen LogP contribution in [0.2, 0.25) is 0 Å². The summed E-state index contributed by atoms with van der Waals surface area (Å²) in [5, 5.41) is 8.77. The Labute approximate surface area is 124 Å². The third-order valence-corrected chi connectivity index (χ3v) is 3.92. The minimum atomic E-state index is -0.453. The van der Waals surface area contributed by atoms with Gasteiger partial charge in [-0.25, -0.2) is 4.39 Å². The largest absolute Gasteiger partial charge is 0.384 e. The van der Waals surface area contributed by atoms with E-state index in [9.17, 15) is 9.18 Å². The van der Waals surface area contributed by atoms with Crippen LogP contribution in [0.1, 0.15) is 42.6 Å². The zero-order valence-electron chi connectivity index (χ0n) is 12.4. The van der Waals surface area contributed by atoms with Gasteiger partial charge in [-0.2, -0.15) is 0 Å². The molecule has 0 atom stereocenters. The fraction of sp³-hybridized carbons (Fsp3) is 0.471. The van der Waals surface area contributed by atoms with E-state index >= 15 is 0 Å². The Hall–Kier alpha value is -1.86. The third kappa shape index (κ3) is 3.83. The van der Waals surface area contributed by atoms with Crippen molar-refractivity contribution in [3.05, 3.63) is 35.1 Å². The lowest BCUT2D eigenvalue weighted by Crippen LogP contribution is -2.41. The molecular formula is C17H20FNO2. The van der Waals surface area contributed by atoms with Crippen molar-refractivity contribution in [3.63, 3.8) is 0 Å². The highest BCUT2D eigenvalue weighted by atomic mass is 19.1. The van der Waals surface area contributed by atoms with Crippen molar-refractivity contribution in [2.45, 2.75) is 26.7 Å². The number of nitrogens with zero attached hydrogens (tertiary/aromatic N) is 1. The fourth-order valence-electron chi connectivity index (χ4n) is 2.42. The van der Waals surface area contributed by atoms with Crippen LogP contribution in [0.4, 0.5) is 4.39 Å². The highest BCUT2D eigenvalue weighted by Gasteiger charge is 2.29. The van der Waals surface area contributed by atoms with Crippen LogP contribution in [-0.2, 0) is 0 Å². The van der Waals surface area contributed by atoms with E-state index in [1.807, 2.05) is 0 Å². The first-order valence-corrected chi connectivity index (χ1v) is 7.11. The molecule has 1 aliphatic rings. The molecule has 0 aliphatic carbocycles. The Morgan fingerprint density at radius 3 is 2.67 bits per heavy atom. The van der Waals surface area contributed by atoms with Crippen LogP contribution < -0.4 is 0 Å². The number of amides is 1. The van der Waals surface area contributed by atoms with Gasteiger partial charge in [0.25, 0.3) is 5.91 Å². The Kier molecular flexibility index (Phi) is 4.64. The molecule has 1 aromatic rings. The molecule has 0 spiro atoms. The maximum absolute atomic E-state index is 13.5. The van der Waals surface area contributed by atoms with Gasteiger partial charge in [-0.1, -0.05) is 25.7 Å². The second-order valence-electron chi connectivity index (χ2n) is 6.11. The molecule has 4 heteroatoms.